The van der Waals surface area contributed by atoms with E-state index in [1.807, 2.05) is 0 Å². The molecule has 0 heterocycles. The van der Waals surface area contributed by atoms with E-state index < -0.39 is 53.6 Å². The SMILES string of the molecule is O=C(Nc1ccc(OC(F)(F)F)cc1)c1ccc(COc2c(F)c(F)cc(F)c2F)cc1. The number of hydrogen-bond donors (Lipinski definition) is 1. The molecule has 0 atom stereocenters. The fourth-order valence-corrected chi connectivity index (χ4v) is 2.53. The molecular weight excluding hydrogens is 447 g/mol. The zero-order valence-electron chi connectivity index (χ0n) is 15.8. The number of hydrogen-bond acceptors (Lipinski definition) is 3. The van der Waals surface area contributed by atoms with Crippen molar-refractivity contribution in [1.82, 2.24) is 0 Å². The Morgan fingerprint density at radius 2 is 1.41 bits per heavy atom. The largest absolute Gasteiger partial charge is 0.573 e. The molecule has 1 amide bonds. The maximum atomic E-state index is 13.6. The predicted molar refractivity (Wildman–Crippen MR) is 98.1 cm³/mol. The van der Waals surface area contributed by atoms with Gasteiger partial charge in [0, 0.05) is 17.3 Å². The molecule has 0 aliphatic carbocycles. The van der Waals surface area contributed by atoms with E-state index in [9.17, 15) is 35.5 Å². The summed E-state index contributed by atoms with van der Waals surface area (Å²) in [6.07, 6.45) is -4.84. The van der Waals surface area contributed by atoms with Crippen molar-refractivity contribution in [3.05, 3.63) is 89.0 Å². The minimum atomic E-state index is -4.84. The summed E-state index contributed by atoms with van der Waals surface area (Å²) in [6.45, 7) is -0.445. The predicted octanol–water partition coefficient (Wildman–Crippen LogP) is 5.97. The molecule has 11 heteroatoms. The Bertz CT molecular complexity index is 1090. The number of amides is 1. The minimum absolute atomic E-state index is 0.0574. The van der Waals surface area contributed by atoms with Crippen LogP contribution >= 0.6 is 0 Å². The van der Waals surface area contributed by atoms with E-state index in [2.05, 4.69) is 10.1 Å². The fraction of sp³-hybridized carbons (Fsp3) is 0.0952. The molecule has 0 aliphatic rings. The van der Waals surface area contributed by atoms with Gasteiger partial charge in [-0.2, -0.15) is 8.78 Å². The molecule has 0 unspecified atom stereocenters. The normalized spacial score (nSPS) is 11.2. The highest BCUT2D eigenvalue weighted by molar-refractivity contribution is 6.04. The van der Waals surface area contributed by atoms with Crippen molar-refractivity contribution in [2.45, 2.75) is 13.0 Å². The number of benzene rings is 3. The van der Waals surface area contributed by atoms with Gasteiger partial charge in [0.05, 0.1) is 0 Å². The fourth-order valence-electron chi connectivity index (χ4n) is 2.53. The van der Waals surface area contributed by atoms with Gasteiger partial charge in [0.2, 0.25) is 11.6 Å². The third-order valence-electron chi connectivity index (χ3n) is 4.02. The summed E-state index contributed by atoms with van der Waals surface area (Å²) in [5.41, 5.74) is 0.688. The van der Waals surface area contributed by atoms with E-state index in [4.69, 9.17) is 4.74 Å². The number of anilines is 1. The summed E-state index contributed by atoms with van der Waals surface area (Å²) in [7, 11) is 0. The topological polar surface area (TPSA) is 47.6 Å². The molecule has 3 rings (SSSR count). The number of rotatable bonds is 6. The molecule has 1 N–H and O–H groups in total. The average molecular weight is 459 g/mol. The summed E-state index contributed by atoms with van der Waals surface area (Å²) in [5.74, 6) is -8.81. The maximum Gasteiger partial charge on any atom is 0.573 e. The Morgan fingerprint density at radius 3 is 1.94 bits per heavy atom. The van der Waals surface area contributed by atoms with Gasteiger partial charge in [-0.05, 0) is 42.0 Å². The van der Waals surface area contributed by atoms with Gasteiger partial charge >= 0.3 is 6.36 Å². The lowest BCUT2D eigenvalue weighted by molar-refractivity contribution is -0.274. The zero-order valence-corrected chi connectivity index (χ0v) is 15.8. The van der Waals surface area contributed by atoms with E-state index in [0.717, 1.165) is 12.1 Å². The first kappa shape index (κ1) is 22.9. The quantitative estimate of drug-likeness (QED) is 0.365. The minimum Gasteiger partial charge on any atom is -0.483 e. The number of halogens is 7. The van der Waals surface area contributed by atoms with Crippen LogP contribution in [0.1, 0.15) is 15.9 Å². The summed E-state index contributed by atoms with van der Waals surface area (Å²) >= 11 is 0. The Balaban J connectivity index is 1.61. The van der Waals surface area contributed by atoms with Gasteiger partial charge in [0.15, 0.2) is 17.4 Å². The molecule has 3 aromatic rings. The van der Waals surface area contributed by atoms with Crippen LogP contribution in [-0.2, 0) is 6.61 Å². The van der Waals surface area contributed by atoms with Gasteiger partial charge in [-0.25, -0.2) is 8.78 Å². The third-order valence-corrected chi connectivity index (χ3v) is 4.02. The molecule has 0 saturated heterocycles. The smallest absolute Gasteiger partial charge is 0.483 e. The van der Waals surface area contributed by atoms with Crippen molar-refractivity contribution in [2.75, 3.05) is 5.32 Å². The van der Waals surface area contributed by atoms with Crippen LogP contribution in [0.4, 0.5) is 36.4 Å². The molecule has 168 valence electrons. The highest BCUT2D eigenvalue weighted by Gasteiger charge is 2.31. The van der Waals surface area contributed by atoms with E-state index in [0.29, 0.717) is 5.56 Å². The first-order chi connectivity index (χ1) is 15.0. The Kier molecular flexibility index (Phi) is 6.56. The number of ether oxygens (including phenoxy) is 2. The van der Waals surface area contributed by atoms with Crippen LogP contribution in [0, 0.1) is 23.3 Å². The highest BCUT2D eigenvalue weighted by atomic mass is 19.4. The second-order valence-electron chi connectivity index (χ2n) is 6.31. The lowest BCUT2D eigenvalue weighted by Gasteiger charge is -2.11. The molecule has 0 spiro atoms. The van der Waals surface area contributed by atoms with Crippen molar-refractivity contribution in [3.63, 3.8) is 0 Å². The molecule has 0 fully saturated rings. The van der Waals surface area contributed by atoms with Crippen LogP contribution < -0.4 is 14.8 Å². The Morgan fingerprint density at radius 1 is 0.844 bits per heavy atom. The average Bonchev–Trinajstić information content (AvgIpc) is 2.73. The van der Waals surface area contributed by atoms with Crippen LogP contribution in [-0.4, -0.2) is 12.3 Å². The van der Waals surface area contributed by atoms with Crippen molar-refractivity contribution in [2.24, 2.45) is 0 Å². The number of nitrogens with one attached hydrogen (secondary N) is 1. The number of carbonyl (C=O) groups is 1. The molecule has 0 aliphatic heterocycles. The van der Waals surface area contributed by atoms with Crippen molar-refractivity contribution < 1.29 is 45.0 Å². The lowest BCUT2D eigenvalue weighted by Crippen LogP contribution is -2.17. The van der Waals surface area contributed by atoms with E-state index in [-0.39, 0.29) is 17.3 Å². The molecule has 32 heavy (non-hydrogen) atoms. The summed E-state index contributed by atoms with van der Waals surface area (Å²) in [6, 6.07) is 9.96. The number of carbonyl (C=O) groups excluding carboxylic acids is 1. The van der Waals surface area contributed by atoms with Crippen molar-refractivity contribution in [1.29, 1.82) is 0 Å². The van der Waals surface area contributed by atoms with E-state index >= 15 is 0 Å². The van der Waals surface area contributed by atoms with Gasteiger partial charge in [0.25, 0.3) is 5.91 Å². The Hall–Kier alpha value is -3.76. The van der Waals surface area contributed by atoms with Crippen LogP contribution in [0.25, 0.3) is 0 Å². The highest BCUT2D eigenvalue weighted by Crippen LogP contribution is 2.27. The van der Waals surface area contributed by atoms with Crippen molar-refractivity contribution in [3.8, 4) is 11.5 Å². The second-order valence-corrected chi connectivity index (χ2v) is 6.31. The summed E-state index contributed by atoms with van der Waals surface area (Å²) in [4.78, 5) is 12.2. The molecule has 0 aromatic heterocycles. The number of alkyl halides is 3. The first-order valence-electron chi connectivity index (χ1n) is 8.75. The molecular formula is C21H12F7NO3. The lowest BCUT2D eigenvalue weighted by atomic mass is 10.1. The molecule has 0 radical (unpaired) electrons. The van der Waals surface area contributed by atoms with E-state index in [1.54, 1.807) is 0 Å². The maximum absolute atomic E-state index is 13.6. The second kappa shape index (κ2) is 9.16. The van der Waals surface area contributed by atoms with Crippen molar-refractivity contribution >= 4 is 11.6 Å². The summed E-state index contributed by atoms with van der Waals surface area (Å²) < 4.78 is 98.7. The first-order valence-corrected chi connectivity index (χ1v) is 8.75. The molecule has 4 nitrogen and oxygen atoms in total. The van der Waals surface area contributed by atoms with Crippen LogP contribution in [0.15, 0.2) is 54.6 Å². The van der Waals surface area contributed by atoms with Crippen LogP contribution in [0.3, 0.4) is 0 Å². The van der Waals surface area contributed by atoms with Crippen LogP contribution in [0.5, 0.6) is 11.5 Å². The molecule has 0 saturated carbocycles. The van der Waals surface area contributed by atoms with Gasteiger partial charge in [0.1, 0.15) is 12.4 Å². The van der Waals surface area contributed by atoms with Gasteiger partial charge in [-0.15, -0.1) is 13.2 Å². The molecule has 3 aromatic carbocycles. The van der Waals surface area contributed by atoms with Gasteiger partial charge in [-0.3, -0.25) is 4.79 Å². The molecule has 0 bridgehead atoms. The van der Waals surface area contributed by atoms with E-state index in [1.165, 1.54) is 36.4 Å². The zero-order chi connectivity index (χ0) is 23.5. The standard InChI is InChI=1S/C21H12F7NO3/c22-15-9-16(23)18(25)19(17(15)24)31-10-11-1-3-12(4-2-11)20(30)29-13-5-7-14(8-6-13)32-21(26,27)28/h1-9H,10H2,(H,29,30). The third kappa shape index (κ3) is 5.68. The van der Waals surface area contributed by atoms with Gasteiger partial charge in [-0.1, -0.05) is 12.1 Å². The monoisotopic (exact) mass is 459 g/mol. The van der Waals surface area contributed by atoms with Crippen LogP contribution in [0.2, 0.25) is 0 Å². The van der Waals surface area contributed by atoms with Gasteiger partial charge < -0.3 is 14.8 Å². The summed E-state index contributed by atoms with van der Waals surface area (Å²) in [5, 5.41) is 2.46. The Labute approximate surface area is 176 Å².